The topological polar surface area (TPSA) is 66.6 Å². The Morgan fingerprint density at radius 2 is 2.25 bits per heavy atom. The highest BCUT2D eigenvalue weighted by molar-refractivity contribution is 9.11. The second-order valence-corrected chi connectivity index (χ2v) is 9.54. The Kier molecular flexibility index (Phi) is 5.25. The predicted octanol–water partition coefficient (Wildman–Crippen LogP) is 1.68. The van der Waals surface area contributed by atoms with Gasteiger partial charge in [-0.25, -0.2) is 8.42 Å². The summed E-state index contributed by atoms with van der Waals surface area (Å²) in [7, 11) is 0.498. The van der Waals surface area contributed by atoms with Crippen LogP contribution in [0.4, 0.5) is 0 Å². The van der Waals surface area contributed by atoms with E-state index in [4.69, 9.17) is 5.73 Å². The molecule has 1 unspecified atom stereocenters. The van der Waals surface area contributed by atoms with Crippen LogP contribution in [0.25, 0.3) is 0 Å². The molecule has 1 saturated heterocycles. The number of rotatable bonds is 5. The third kappa shape index (κ3) is 3.26. The third-order valence-electron chi connectivity index (χ3n) is 3.39. The summed E-state index contributed by atoms with van der Waals surface area (Å²) in [5.74, 6) is 0. The van der Waals surface area contributed by atoms with Gasteiger partial charge in [0.1, 0.15) is 4.90 Å². The standard InChI is InChI=1S/C12H20BrN3O2S2/c1-15(2)8-9-4-3-5-16(9)20(17,18)11-6-10(7-14)19-12(11)13/h6,9H,3-5,7-8,14H2,1-2H3. The first kappa shape index (κ1) is 16.4. The van der Waals surface area contributed by atoms with Crippen LogP contribution in [-0.2, 0) is 16.6 Å². The van der Waals surface area contributed by atoms with Crippen LogP contribution >= 0.6 is 27.3 Å². The highest BCUT2D eigenvalue weighted by Crippen LogP contribution is 2.35. The van der Waals surface area contributed by atoms with Crippen molar-refractivity contribution in [1.82, 2.24) is 9.21 Å². The Hall–Kier alpha value is 0.01000. The highest BCUT2D eigenvalue weighted by atomic mass is 79.9. The molecule has 2 N–H and O–H groups in total. The van der Waals surface area contributed by atoms with Crippen LogP contribution in [0.2, 0.25) is 0 Å². The Labute approximate surface area is 132 Å². The van der Waals surface area contributed by atoms with Gasteiger partial charge in [0.05, 0.1) is 3.79 Å². The zero-order valence-electron chi connectivity index (χ0n) is 11.7. The average molecular weight is 382 g/mol. The lowest BCUT2D eigenvalue weighted by atomic mass is 10.2. The minimum absolute atomic E-state index is 0.0585. The first-order valence-corrected chi connectivity index (χ1v) is 9.56. The van der Waals surface area contributed by atoms with Gasteiger partial charge in [0.2, 0.25) is 10.0 Å². The first-order valence-electron chi connectivity index (χ1n) is 6.51. The largest absolute Gasteiger partial charge is 0.326 e. The second kappa shape index (κ2) is 6.41. The molecular formula is C12H20BrN3O2S2. The van der Waals surface area contributed by atoms with E-state index in [9.17, 15) is 8.42 Å². The molecule has 0 radical (unpaired) electrons. The summed E-state index contributed by atoms with van der Waals surface area (Å²) in [6.07, 6.45) is 1.84. The minimum Gasteiger partial charge on any atom is -0.326 e. The van der Waals surface area contributed by atoms with E-state index in [1.54, 1.807) is 10.4 Å². The van der Waals surface area contributed by atoms with Gasteiger partial charge in [-0.2, -0.15) is 4.31 Å². The van der Waals surface area contributed by atoms with E-state index in [1.807, 2.05) is 19.0 Å². The Balaban J connectivity index is 2.31. The molecule has 5 nitrogen and oxygen atoms in total. The van der Waals surface area contributed by atoms with Crippen molar-refractivity contribution in [3.05, 3.63) is 14.7 Å². The van der Waals surface area contributed by atoms with E-state index in [0.29, 0.717) is 21.8 Å². The molecule has 8 heteroatoms. The maximum Gasteiger partial charge on any atom is 0.245 e. The molecular weight excluding hydrogens is 362 g/mol. The summed E-state index contributed by atoms with van der Waals surface area (Å²) in [4.78, 5) is 3.26. The van der Waals surface area contributed by atoms with E-state index in [-0.39, 0.29) is 6.04 Å². The maximum absolute atomic E-state index is 12.8. The second-order valence-electron chi connectivity index (χ2n) is 5.23. The van der Waals surface area contributed by atoms with E-state index >= 15 is 0 Å². The SMILES string of the molecule is CN(C)CC1CCCN1S(=O)(=O)c1cc(CN)sc1Br. The molecule has 1 aliphatic rings. The molecule has 20 heavy (non-hydrogen) atoms. The van der Waals surface area contributed by atoms with Gasteiger partial charge >= 0.3 is 0 Å². The number of nitrogens with two attached hydrogens (primary N) is 1. The van der Waals surface area contributed by atoms with Crippen molar-refractivity contribution in [2.75, 3.05) is 27.2 Å². The molecule has 1 atom stereocenters. The lowest BCUT2D eigenvalue weighted by Crippen LogP contribution is -2.41. The van der Waals surface area contributed by atoms with Crippen molar-refractivity contribution in [2.24, 2.45) is 5.73 Å². The van der Waals surface area contributed by atoms with Crippen LogP contribution in [0.5, 0.6) is 0 Å². The van der Waals surface area contributed by atoms with Crippen LogP contribution in [0, 0.1) is 0 Å². The van der Waals surface area contributed by atoms with Crippen LogP contribution in [0.1, 0.15) is 17.7 Å². The van der Waals surface area contributed by atoms with Gasteiger partial charge in [-0.05, 0) is 48.9 Å². The molecule has 1 fully saturated rings. The lowest BCUT2D eigenvalue weighted by molar-refractivity contribution is 0.291. The number of nitrogens with zero attached hydrogens (tertiary/aromatic N) is 2. The molecule has 0 amide bonds. The molecule has 0 bridgehead atoms. The van der Waals surface area contributed by atoms with Gasteiger partial charge in [0.15, 0.2) is 0 Å². The molecule has 2 heterocycles. The summed E-state index contributed by atoms with van der Waals surface area (Å²) >= 11 is 4.75. The van der Waals surface area contributed by atoms with Crippen molar-refractivity contribution in [2.45, 2.75) is 30.3 Å². The smallest absolute Gasteiger partial charge is 0.245 e. The fourth-order valence-electron chi connectivity index (χ4n) is 2.53. The molecule has 0 saturated carbocycles. The van der Waals surface area contributed by atoms with Gasteiger partial charge in [-0.15, -0.1) is 11.3 Å². The first-order chi connectivity index (χ1) is 9.36. The molecule has 2 rings (SSSR count). The summed E-state index contributed by atoms with van der Waals surface area (Å²) in [5.41, 5.74) is 5.60. The fraction of sp³-hybridized carbons (Fsp3) is 0.667. The maximum atomic E-state index is 12.8. The molecule has 0 aliphatic carbocycles. The monoisotopic (exact) mass is 381 g/mol. The van der Waals surface area contributed by atoms with Crippen molar-refractivity contribution in [3.63, 3.8) is 0 Å². The van der Waals surface area contributed by atoms with Crippen molar-refractivity contribution >= 4 is 37.3 Å². The molecule has 1 aliphatic heterocycles. The summed E-state index contributed by atoms with van der Waals surface area (Å²) < 4.78 is 27.9. The van der Waals surface area contributed by atoms with Gasteiger partial charge in [0, 0.05) is 30.6 Å². The number of halogens is 1. The summed E-state index contributed by atoms with van der Waals surface area (Å²) in [6.45, 7) is 1.71. The zero-order chi connectivity index (χ0) is 14.9. The average Bonchev–Trinajstić information content (AvgIpc) is 2.95. The normalized spacial score (nSPS) is 20.9. The van der Waals surface area contributed by atoms with Crippen LogP contribution in [-0.4, -0.2) is 50.8 Å². The van der Waals surface area contributed by atoms with E-state index in [1.165, 1.54) is 11.3 Å². The fourth-order valence-corrected chi connectivity index (χ4v) is 6.73. The number of sulfonamides is 1. The predicted molar refractivity (Wildman–Crippen MR) is 85.4 cm³/mol. The van der Waals surface area contributed by atoms with Crippen molar-refractivity contribution in [1.29, 1.82) is 0 Å². The lowest BCUT2D eigenvalue weighted by Gasteiger charge is -2.26. The van der Waals surface area contributed by atoms with Crippen molar-refractivity contribution in [3.8, 4) is 0 Å². The Morgan fingerprint density at radius 1 is 1.55 bits per heavy atom. The molecule has 1 aromatic rings. The number of hydrogen-bond acceptors (Lipinski definition) is 5. The Morgan fingerprint density at radius 3 is 2.80 bits per heavy atom. The molecule has 0 aromatic carbocycles. The van der Waals surface area contributed by atoms with Crippen LogP contribution < -0.4 is 5.73 Å². The van der Waals surface area contributed by atoms with E-state index in [2.05, 4.69) is 15.9 Å². The Bertz CT molecular complexity index is 571. The van der Waals surface area contributed by atoms with Crippen LogP contribution in [0.3, 0.4) is 0 Å². The number of thiophene rings is 1. The van der Waals surface area contributed by atoms with Crippen LogP contribution in [0.15, 0.2) is 14.7 Å². The molecule has 0 spiro atoms. The molecule has 1 aromatic heterocycles. The minimum atomic E-state index is -3.44. The summed E-state index contributed by atoms with van der Waals surface area (Å²) in [6, 6.07) is 1.75. The molecule has 114 valence electrons. The van der Waals surface area contributed by atoms with Gasteiger partial charge in [-0.3, -0.25) is 0 Å². The number of likely N-dealkylation sites (N-methyl/N-ethyl adjacent to an activating group) is 1. The van der Waals surface area contributed by atoms with Gasteiger partial charge in [0.25, 0.3) is 0 Å². The quantitative estimate of drug-likeness (QED) is 0.842. The van der Waals surface area contributed by atoms with Crippen molar-refractivity contribution < 1.29 is 8.42 Å². The highest BCUT2D eigenvalue weighted by Gasteiger charge is 2.37. The third-order valence-corrected chi connectivity index (χ3v) is 7.62. The zero-order valence-corrected chi connectivity index (χ0v) is 14.9. The van der Waals surface area contributed by atoms with Gasteiger partial charge in [-0.1, -0.05) is 0 Å². The van der Waals surface area contributed by atoms with Gasteiger partial charge < -0.3 is 10.6 Å². The van der Waals surface area contributed by atoms with E-state index < -0.39 is 10.0 Å². The van der Waals surface area contributed by atoms with E-state index in [0.717, 1.165) is 24.3 Å². The number of hydrogen-bond donors (Lipinski definition) is 1. The summed E-state index contributed by atoms with van der Waals surface area (Å²) in [5, 5.41) is 0.